The molecule has 7 heteroatoms. The fraction of sp³-hybridized carbons (Fsp3) is 0.0400. The highest BCUT2D eigenvalue weighted by Gasteiger charge is 2.17. The van der Waals surface area contributed by atoms with Crippen molar-refractivity contribution < 1.29 is 14.3 Å². The lowest BCUT2D eigenvalue weighted by Crippen LogP contribution is -2.17. The number of anilines is 3. The van der Waals surface area contributed by atoms with Crippen LogP contribution in [0.25, 0.3) is 11.3 Å². The van der Waals surface area contributed by atoms with Crippen LogP contribution in [0.4, 0.5) is 17.2 Å². The van der Waals surface area contributed by atoms with Crippen LogP contribution >= 0.6 is 0 Å². The molecule has 3 aromatic carbocycles. The van der Waals surface area contributed by atoms with Gasteiger partial charge in [-0.15, -0.1) is 0 Å². The van der Waals surface area contributed by atoms with Gasteiger partial charge in [0, 0.05) is 23.0 Å². The summed E-state index contributed by atoms with van der Waals surface area (Å²) in [6, 6.07) is 25.4. The molecule has 4 rings (SSSR count). The number of amides is 1. The average molecular weight is 424 g/mol. The molecule has 32 heavy (non-hydrogen) atoms. The topological polar surface area (TPSA) is 93.2 Å². The van der Waals surface area contributed by atoms with Crippen molar-refractivity contribution in [3.63, 3.8) is 0 Å². The smallest absolute Gasteiger partial charge is 0.338 e. The minimum absolute atomic E-state index is 0.212. The van der Waals surface area contributed by atoms with Crippen LogP contribution in [0.15, 0.2) is 91.3 Å². The van der Waals surface area contributed by atoms with Crippen LogP contribution in [0, 0.1) is 0 Å². The molecule has 0 saturated heterocycles. The van der Waals surface area contributed by atoms with E-state index in [4.69, 9.17) is 4.74 Å². The van der Waals surface area contributed by atoms with Crippen molar-refractivity contribution in [2.24, 2.45) is 0 Å². The number of nitrogens with zero attached hydrogens (tertiary/aromatic N) is 2. The van der Waals surface area contributed by atoms with Crippen LogP contribution in [-0.4, -0.2) is 29.0 Å². The van der Waals surface area contributed by atoms with Crippen molar-refractivity contribution >= 4 is 29.1 Å². The van der Waals surface area contributed by atoms with Crippen LogP contribution in [0.1, 0.15) is 20.7 Å². The van der Waals surface area contributed by atoms with Crippen molar-refractivity contribution in [1.29, 1.82) is 0 Å². The lowest BCUT2D eigenvalue weighted by molar-refractivity contribution is 0.0597. The standard InChI is InChI=1S/C25H20N4O3/c1-32-25(31)21-10-6-5-9-20(21)24(30)29-19-13-11-18(12-14-19)28-23-15-22(26-16-27-23)17-7-3-2-4-8-17/h2-16H,1H3,(H,29,30)(H,26,27,28). The van der Waals surface area contributed by atoms with E-state index in [9.17, 15) is 9.59 Å². The van der Waals surface area contributed by atoms with Crippen molar-refractivity contribution in [1.82, 2.24) is 9.97 Å². The highest BCUT2D eigenvalue weighted by Crippen LogP contribution is 2.22. The fourth-order valence-electron chi connectivity index (χ4n) is 3.14. The molecule has 0 atom stereocenters. The summed E-state index contributed by atoms with van der Waals surface area (Å²) in [4.78, 5) is 33.1. The van der Waals surface area contributed by atoms with Crippen LogP contribution in [0.3, 0.4) is 0 Å². The van der Waals surface area contributed by atoms with E-state index >= 15 is 0 Å². The molecule has 0 aliphatic carbocycles. The Morgan fingerprint density at radius 1 is 0.781 bits per heavy atom. The number of carbonyl (C=O) groups is 2. The third-order valence-corrected chi connectivity index (χ3v) is 4.73. The minimum atomic E-state index is -0.560. The van der Waals surface area contributed by atoms with Crippen LogP contribution < -0.4 is 10.6 Å². The summed E-state index contributed by atoms with van der Waals surface area (Å²) in [5.41, 5.74) is 3.67. The Balaban J connectivity index is 1.46. The zero-order chi connectivity index (χ0) is 22.3. The molecule has 0 aliphatic heterocycles. The molecule has 158 valence electrons. The number of nitrogens with one attached hydrogen (secondary N) is 2. The number of hydrogen-bond donors (Lipinski definition) is 2. The molecular formula is C25H20N4O3. The van der Waals surface area contributed by atoms with Gasteiger partial charge in [-0.25, -0.2) is 14.8 Å². The Morgan fingerprint density at radius 2 is 1.44 bits per heavy atom. The first-order chi connectivity index (χ1) is 15.6. The number of carbonyl (C=O) groups excluding carboxylic acids is 2. The molecule has 1 amide bonds. The normalized spacial score (nSPS) is 10.3. The van der Waals surface area contributed by atoms with Gasteiger partial charge in [-0.2, -0.15) is 0 Å². The predicted molar refractivity (Wildman–Crippen MR) is 123 cm³/mol. The second-order valence-electron chi connectivity index (χ2n) is 6.85. The summed E-state index contributed by atoms with van der Waals surface area (Å²) in [5, 5.41) is 6.03. The number of rotatable bonds is 6. The average Bonchev–Trinajstić information content (AvgIpc) is 2.85. The maximum atomic E-state index is 12.7. The van der Waals surface area contributed by atoms with Crippen molar-refractivity contribution in [3.8, 4) is 11.3 Å². The largest absolute Gasteiger partial charge is 0.465 e. The maximum Gasteiger partial charge on any atom is 0.338 e. The summed E-state index contributed by atoms with van der Waals surface area (Å²) in [5.74, 6) is -0.298. The summed E-state index contributed by atoms with van der Waals surface area (Å²) >= 11 is 0. The Morgan fingerprint density at radius 3 is 2.16 bits per heavy atom. The van der Waals surface area contributed by atoms with Gasteiger partial charge in [0.25, 0.3) is 5.91 Å². The van der Waals surface area contributed by atoms with Crippen LogP contribution in [0.2, 0.25) is 0 Å². The summed E-state index contributed by atoms with van der Waals surface area (Å²) in [6.07, 6.45) is 1.51. The fourth-order valence-corrected chi connectivity index (χ4v) is 3.14. The molecule has 0 fully saturated rings. The molecular weight excluding hydrogens is 404 g/mol. The van der Waals surface area contributed by atoms with Crippen molar-refractivity contribution in [2.75, 3.05) is 17.7 Å². The molecule has 0 unspecified atom stereocenters. The van der Waals surface area contributed by atoms with E-state index in [2.05, 4.69) is 20.6 Å². The zero-order valence-electron chi connectivity index (χ0n) is 17.3. The third-order valence-electron chi connectivity index (χ3n) is 4.73. The highest BCUT2D eigenvalue weighted by atomic mass is 16.5. The van der Waals surface area contributed by atoms with E-state index in [1.165, 1.54) is 13.4 Å². The Kier molecular flexibility index (Phi) is 6.17. The number of esters is 1. The van der Waals surface area contributed by atoms with Gasteiger partial charge in [0.1, 0.15) is 12.1 Å². The number of aromatic nitrogens is 2. The van der Waals surface area contributed by atoms with Crippen LogP contribution in [-0.2, 0) is 4.74 Å². The predicted octanol–water partition coefficient (Wildman–Crippen LogP) is 4.93. The minimum Gasteiger partial charge on any atom is -0.465 e. The van der Waals surface area contributed by atoms with E-state index < -0.39 is 11.9 Å². The third kappa shape index (κ3) is 4.79. The Labute approximate surface area is 185 Å². The quantitative estimate of drug-likeness (QED) is 0.427. The first kappa shape index (κ1) is 20.7. The summed E-state index contributed by atoms with van der Waals surface area (Å²) in [6.45, 7) is 0. The molecule has 7 nitrogen and oxygen atoms in total. The molecule has 0 spiro atoms. The molecule has 0 radical (unpaired) electrons. The van der Waals surface area contributed by atoms with E-state index in [-0.39, 0.29) is 11.1 Å². The Bertz CT molecular complexity index is 1240. The first-order valence-electron chi connectivity index (χ1n) is 9.87. The Hall–Kier alpha value is -4.52. The monoisotopic (exact) mass is 424 g/mol. The SMILES string of the molecule is COC(=O)c1ccccc1C(=O)Nc1ccc(Nc2cc(-c3ccccc3)ncn2)cc1. The number of hydrogen-bond acceptors (Lipinski definition) is 6. The van der Waals surface area contributed by atoms with Gasteiger partial charge < -0.3 is 15.4 Å². The van der Waals surface area contributed by atoms with Gasteiger partial charge in [0.15, 0.2) is 0 Å². The number of benzene rings is 3. The van der Waals surface area contributed by atoms with Gasteiger partial charge in [-0.1, -0.05) is 42.5 Å². The van der Waals surface area contributed by atoms with E-state index in [1.54, 1.807) is 36.4 Å². The van der Waals surface area contributed by atoms with Gasteiger partial charge in [0.2, 0.25) is 0 Å². The molecule has 0 bridgehead atoms. The number of methoxy groups -OCH3 is 1. The van der Waals surface area contributed by atoms with E-state index in [0.717, 1.165) is 16.9 Å². The lowest BCUT2D eigenvalue weighted by atomic mass is 10.1. The second kappa shape index (κ2) is 9.53. The molecule has 2 N–H and O–H groups in total. The van der Waals surface area contributed by atoms with Crippen molar-refractivity contribution in [3.05, 3.63) is 102 Å². The molecule has 1 aromatic heterocycles. The van der Waals surface area contributed by atoms with Crippen molar-refractivity contribution in [2.45, 2.75) is 0 Å². The lowest BCUT2D eigenvalue weighted by Gasteiger charge is -2.10. The molecule has 0 saturated carbocycles. The van der Waals surface area contributed by atoms with Gasteiger partial charge >= 0.3 is 5.97 Å². The van der Waals surface area contributed by atoms with Gasteiger partial charge in [0.05, 0.1) is 23.9 Å². The summed E-state index contributed by atoms with van der Waals surface area (Å²) < 4.78 is 4.75. The molecule has 4 aromatic rings. The van der Waals surface area contributed by atoms with Crippen LogP contribution in [0.5, 0.6) is 0 Å². The van der Waals surface area contributed by atoms with Gasteiger partial charge in [-0.3, -0.25) is 4.79 Å². The first-order valence-corrected chi connectivity index (χ1v) is 9.87. The maximum absolute atomic E-state index is 12.7. The van der Waals surface area contributed by atoms with E-state index in [0.29, 0.717) is 11.5 Å². The van der Waals surface area contributed by atoms with Gasteiger partial charge in [-0.05, 0) is 36.4 Å². The second-order valence-corrected chi connectivity index (χ2v) is 6.85. The highest BCUT2D eigenvalue weighted by molar-refractivity contribution is 6.11. The molecule has 0 aliphatic rings. The summed E-state index contributed by atoms with van der Waals surface area (Å²) in [7, 11) is 1.28. The zero-order valence-corrected chi connectivity index (χ0v) is 17.3. The number of ether oxygens (including phenoxy) is 1. The molecule has 1 heterocycles. The van der Waals surface area contributed by atoms with E-state index in [1.807, 2.05) is 48.5 Å².